The SMILES string of the molecule is CCOc1cc2occ(-c3ccc(C)cc3)c2cc1/C(C)=C/C(=O)Nc1ccc(F)c(Cl)c1. The highest BCUT2D eigenvalue weighted by Crippen LogP contribution is 2.37. The maximum Gasteiger partial charge on any atom is 0.248 e. The molecule has 1 aromatic heterocycles. The number of fused-ring (bicyclic) bond motifs is 1. The number of halogens is 2. The highest BCUT2D eigenvalue weighted by molar-refractivity contribution is 6.31. The molecule has 0 aliphatic carbocycles. The maximum absolute atomic E-state index is 13.4. The van der Waals surface area contributed by atoms with E-state index < -0.39 is 5.82 Å². The van der Waals surface area contributed by atoms with Crippen LogP contribution in [0.2, 0.25) is 5.02 Å². The summed E-state index contributed by atoms with van der Waals surface area (Å²) >= 11 is 5.81. The number of carbonyl (C=O) groups excluding carboxylic acids is 1. The van der Waals surface area contributed by atoms with E-state index in [2.05, 4.69) is 29.6 Å². The number of nitrogens with one attached hydrogen (secondary N) is 1. The first-order valence-corrected chi connectivity index (χ1v) is 10.9. The van der Waals surface area contributed by atoms with Crippen molar-refractivity contribution in [2.24, 2.45) is 0 Å². The van der Waals surface area contributed by atoms with Gasteiger partial charge in [0.2, 0.25) is 5.91 Å². The summed E-state index contributed by atoms with van der Waals surface area (Å²) < 4.78 is 25.0. The summed E-state index contributed by atoms with van der Waals surface area (Å²) in [4.78, 5) is 12.6. The molecule has 0 fully saturated rings. The van der Waals surface area contributed by atoms with Crippen LogP contribution in [0.4, 0.5) is 10.1 Å². The minimum absolute atomic E-state index is 0.0545. The molecule has 0 unspecified atom stereocenters. The molecular weight excluding hydrogens is 441 g/mol. The first-order chi connectivity index (χ1) is 15.9. The van der Waals surface area contributed by atoms with E-state index in [4.69, 9.17) is 20.8 Å². The molecule has 0 bridgehead atoms. The molecule has 1 N–H and O–H groups in total. The van der Waals surface area contributed by atoms with Crippen LogP contribution < -0.4 is 10.1 Å². The molecule has 0 radical (unpaired) electrons. The molecule has 1 heterocycles. The van der Waals surface area contributed by atoms with Crippen LogP contribution in [0.1, 0.15) is 25.0 Å². The monoisotopic (exact) mass is 463 g/mol. The molecule has 4 aromatic rings. The molecule has 0 saturated heterocycles. The lowest BCUT2D eigenvalue weighted by atomic mass is 9.98. The van der Waals surface area contributed by atoms with E-state index in [0.29, 0.717) is 29.2 Å². The van der Waals surface area contributed by atoms with E-state index in [-0.39, 0.29) is 10.9 Å². The van der Waals surface area contributed by atoms with Gasteiger partial charge in [0.25, 0.3) is 0 Å². The highest BCUT2D eigenvalue weighted by Gasteiger charge is 2.15. The Bertz CT molecular complexity index is 1360. The average molecular weight is 464 g/mol. The fourth-order valence-corrected chi connectivity index (χ4v) is 3.80. The van der Waals surface area contributed by atoms with Crippen molar-refractivity contribution in [3.05, 3.63) is 88.9 Å². The number of hydrogen-bond donors (Lipinski definition) is 1. The lowest BCUT2D eigenvalue weighted by molar-refractivity contribution is -0.111. The molecule has 0 aliphatic rings. The Morgan fingerprint density at radius 1 is 1.15 bits per heavy atom. The van der Waals surface area contributed by atoms with Gasteiger partial charge in [0.15, 0.2) is 0 Å². The number of ether oxygens (including phenoxy) is 1. The van der Waals surface area contributed by atoms with Gasteiger partial charge in [-0.15, -0.1) is 0 Å². The van der Waals surface area contributed by atoms with Crippen molar-refractivity contribution in [3.63, 3.8) is 0 Å². The molecule has 4 rings (SSSR count). The van der Waals surface area contributed by atoms with E-state index in [9.17, 15) is 9.18 Å². The number of amides is 1. The normalized spacial score (nSPS) is 11.6. The molecule has 0 aliphatic heterocycles. The lowest BCUT2D eigenvalue weighted by Gasteiger charge is -2.12. The fourth-order valence-electron chi connectivity index (χ4n) is 3.62. The van der Waals surface area contributed by atoms with Crippen LogP contribution in [-0.2, 0) is 4.79 Å². The Balaban J connectivity index is 1.71. The quantitative estimate of drug-likeness (QED) is 0.299. The Labute approximate surface area is 196 Å². The molecule has 33 heavy (non-hydrogen) atoms. The van der Waals surface area contributed by atoms with Crippen molar-refractivity contribution in [1.82, 2.24) is 0 Å². The van der Waals surface area contributed by atoms with Crippen LogP contribution in [0.25, 0.3) is 27.7 Å². The standard InChI is InChI=1S/C27H23ClFNO3/c1-4-32-25-14-26-21(22(15-33-26)18-7-5-16(2)6-8-18)13-20(25)17(3)11-27(31)30-19-9-10-24(29)23(28)12-19/h5-15H,4H2,1-3H3,(H,30,31)/b17-11+. The van der Waals surface area contributed by atoms with Gasteiger partial charge < -0.3 is 14.5 Å². The number of rotatable bonds is 6. The topological polar surface area (TPSA) is 51.5 Å². The first kappa shape index (κ1) is 22.6. The van der Waals surface area contributed by atoms with Gasteiger partial charge in [0.1, 0.15) is 17.1 Å². The van der Waals surface area contributed by atoms with Crippen LogP contribution in [0.3, 0.4) is 0 Å². The third-order valence-corrected chi connectivity index (χ3v) is 5.59. The Kier molecular flexibility index (Phi) is 6.52. The van der Waals surface area contributed by atoms with Gasteiger partial charge in [-0.2, -0.15) is 0 Å². The summed E-state index contributed by atoms with van der Waals surface area (Å²) in [7, 11) is 0. The van der Waals surface area contributed by atoms with E-state index in [1.807, 2.05) is 32.9 Å². The van der Waals surface area contributed by atoms with Crippen LogP contribution in [-0.4, -0.2) is 12.5 Å². The Hall–Kier alpha value is -3.57. The van der Waals surface area contributed by atoms with Crippen molar-refractivity contribution in [1.29, 1.82) is 0 Å². The van der Waals surface area contributed by atoms with Gasteiger partial charge in [0.05, 0.1) is 17.9 Å². The number of hydrogen-bond acceptors (Lipinski definition) is 3. The smallest absolute Gasteiger partial charge is 0.248 e. The van der Waals surface area contributed by atoms with Crippen molar-refractivity contribution < 1.29 is 18.3 Å². The summed E-state index contributed by atoms with van der Waals surface area (Å²) in [6, 6.07) is 16.1. The molecule has 1 amide bonds. The molecule has 0 spiro atoms. The number of carbonyl (C=O) groups is 1. The van der Waals surface area contributed by atoms with E-state index in [0.717, 1.165) is 22.1 Å². The number of furan rings is 1. The highest BCUT2D eigenvalue weighted by atomic mass is 35.5. The van der Waals surface area contributed by atoms with Gasteiger partial charge in [0, 0.05) is 34.3 Å². The first-order valence-electron chi connectivity index (χ1n) is 10.6. The van der Waals surface area contributed by atoms with Crippen LogP contribution in [0.15, 0.2) is 71.4 Å². The molecular formula is C27H23ClFNO3. The third-order valence-electron chi connectivity index (χ3n) is 5.30. The van der Waals surface area contributed by atoms with Crippen molar-refractivity contribution >= 4 is 39.7 Å². The summed E-state index contributed by atoms with van der Waals surface area (Å²) in [5, 5.41) is 3.58. The van der Waals surface area contributed by atoms with Crippen LogP contribution in [0.5, 0.6) is 5.75 Å². The number of benzene rings is 3. The van der Waals surface area contributed by atoms with E-state index in [1.54, 1.807) is 6.26 Å². The fraction of sp³-hybridized carbons (Fsp3) is 0.148. The lowest BCUT2D eigenvalue weighted by Crippen LogP contribution is -2.09. The molecule has 3 aromatic carbocycles. The largest absolute Gasteiger partial charge is 0.493 e. The molecule has 0 atom stereocenters. The van der Waals surface area contributed by atoms with Gasteiger partial charge in [-0.1, -0.05) is 41.4 Å². The zero-order valence-corrected chi connectivity index (χ0v) is 19.3. The Morgan fingerprint density at radius 2 is 1.91 bits per heavy atom. The number of anilines is 1. The predicted octanol–water partition coefficient (Wildman–Crippen LogP) is 7.64. The zero-order chi connectivity index (χ0) is 23.5. The van der Waals surface area contributed by atoms with Crippen molar-refractivity contribution in [2.75, 3.05) is 11.9 Å². The number of allylic oxidation sites excluding steroid dienone is 1. The summed E-state index contributed by atoms with van der Waals surface area (Å²) in [5.74, 6) is -0.273. The van der Waals surface area contributed by atoms with Crippen molar-refractivity contribution in [3.8, 4) is 16.9 Å². The van der Waals surface area contributed by atoms with Gasteiger partial charge in [-0.25, -0.2) is 4.39 Å². The molecule has 4 nitrogen and oxygen atoms in total. The van der Waals surface area contributed by atoms with Gasteiger partial charge in [-0.3, -0.25) is 4.79 Å². The third kappa shape index (κ3) is 4.94. The summed E-state index contributed by atoms with van der Waals surface area (Å²) in [5.41, 5.74) is 5.80. The average Bonchev–Trinajstić information content (AvgIpc) is 3.19. The van der Waals surface area contributed by atoms with Gasteiger partial charge >= 0.3 is 0 Å². The second kappa shape index (κ2) is 9.51. The summed E-state index contributed by atoms with van der Waals surface area (Å²) in [6.07, 6.45) is 3.21. The predicted molar refractivity (Wildman–Crippen MR) is 131 cm³/mol. The maximum atomic E-state index is 13.4. The minimum atomic E-state index is -0.541. The van der Waals surface area contributed by atoms with Crippen LogP contribution >= 0.6 is 11.6 Å². The number of aryl methyl sites for hydroxylation is 1. The molecule has 168 valence electrons. The minimum Gasteiger partial charge on any atom is -0.493 e. The van der Waals surface area contributed by atoms with Crippen LogP contribution in [0, 0.1) is 12.7 Å². The second-order valence-electron chi connectivity index (χ2n) is 7.74. The second-order valence-corrected chi connectivity index (χ2v) is 8.15. The molecule has 6 heteroatoms. The van der Waals surface area contributed by atoms with Gasteiger partial charge in [-0.05, 0) is 56.2 Å². The van der Waals surface area contributed by atoms with Crippen molar-refractivity contribution in [2.45, 2.75) is 20.8 Å². The molecule has 0 saturated carbocycles. The summed E-state index contributed by atoms with van der Waals surface area (Å²) in [6.45, 7) is 6.25. The Morgan fingerprint density at radius 3 is 2.61 bits per heavy atom. The van der Waals surface area contributed by atoms with E-state index in [1.165, 1.54) is 29.8 Å². The zero-order valence-electron chi connectivity index (χ0n) is 18.5. The van der Waals surface area contributed by atoms with E-state index >= 15 is 0 Å².